The molecule has 1 N–H and O–H groups in total. The van der Waals surface area contributed by atoms with Crippen molar-refractivity contribution in [3.05, 3.63) is 77.3 Å². The summed E-state index contributed by atoms with van der Waals surface area (Å²) in [5.74, 6) is 0.650. The van der Waals surface area contributed by atoms with Gasteiger partial charge in [0.2, 0.25) is 11.8 Å². The number of rotatable bonds is 8. The molecule has 7 heteroatoms. The maximum Gasteiger partial charge on any atom is 0.244 e. The summed E-state index contributed by atoms with van der Waals surface area (Å²) in [5, 5.41) is 5.44. The Labute approximate surface area is 192 Å². The topological polar surface area (TPSA) is 71.5 Å². The highest BCUT2D eigenvalue weighted by atomic mass is 32.1. The lowest BCUT2D eigenvalue weighted by Crippen LogP contribution is -2.30. The maximum absolute atomic E-state index is 12.6. The molecule has 0 spiro atoms. The first-order chi connectivity index (χ1) is 15.4. The molecule has 2 aromatic carbocycles. The average Bonchev–Trinajstić information content (AvgIpc) is 3.25. The van der Waals surface area contributed by atoms with Crippen LogP contribution in [0.3, 0.4) is 0 Å². The molecular weight excluding hydrogens is 422 g/mol. The first kappa shape index (κ1) is 23.2. The van der Waals surface area contributed by atoms with Crippen molar-refractivity contribution in [2.24, 2.45) is 5.92 Å². The second-order valence-electron chi connectivity index (χ2n) is 7.58. The molecule has 0 fully saturated rings. The molecule has 166 valence electrons. The SMILES string of the molecule is COc1ccc(C(NC(=O)/C=C/c2csc(N(C(C)=O)c3ccccc3)n2)C(C)C)cc1. The summed E-state index contributed by atoms with van der Waals surface area (Å²) in [4.78, 5) is 30.8. The Hall–Kier alpha value is -3.45. The number of hydrogen-bond acceptors (Lipinski definition) is 5. The fraction of sp³-hybridized carbons (Fsp3) is 0.240. The summed E-state index contributed by atoms with van der Waals surface area (Å²) < 4.78 is 5.21. The third-order valence-corrected chi connectivity index (χ3v) is 5.72. The van der Waals surface area contributed by atoms with E-state index < -0.39 is 0 Å². The molecule has 1 atom stereocenters. The monoisotopic (exact) mass is 449 g/mol. The van der Waals surface area contributed by atoms with Crippen LogP contribution in [0, 0.1) is 5.92 Å². The van der Waals surface area contributed by atoms with Crippen LogP contribution >= 0.6 is 11.3 Å². The van der Waals surface area contributed by atoms with Crippen molar-refractivity contribution >= 4 is 40.0 Å². The minimum absolute atomic E-state index is 0.127. The van der Waals surface area contributed by atoms with Crippen LogP contribution in [0.25, 0.3) is 6.08 Å². The molecular formula is C25H27N3O3S. The Morgan fingerprint density at radius 1 is 1.09 bits per heavy atom. The number of nitrogens with one attached hydrogen (secondary N) is 1. The Morgan fingerprint density at radius 2 is 1.78 bits per heavy atom. The lowest BCUT2D eigenvalue weighted by atomic mass is 9.96. The van der Waals surface area contributed by atoms with Crippen LogP contribution in [0.1, 0.15) is 38.1 Å². The lowest BCUT2D eigenvalue weighted by molar-refractivity contribution is -0.117. The maximum atomic E-state index is 12.6. The van der Waals surface area contributed by atoms with Gasteiger partial charge in [0.1, 0.15) is 5.75 Å². The van der Waals surface area contributed by atoms with E-state index in [1.54, 1.807) is 18.1 Å². The number of methoxy groups -OCH3 is 1. The fourth-order valence-electron chi connectivity index (χ4n) is 3.27. The molecule has 0 bridgehead atoms. The average molecular weight is 450 g/mol. The van der Waals surface area contributed by atoms with Gasteiger partial charge in [0.05, 0.1) is 24.5 Å². The quantitative estimate of drug-likeness (QED) is 0.470. The van der Waals surface area contributed by atoms with E-state index in [9.17, 15) is 9.59 Å². The van der Waals surface area contributed by atoms with E-state index in [0.29, 0.717) is 10.8 Å². The number of amides is 2. The number of thiazole rings is 1. The van der Waals surface area contributed by atoms with Crippen molar-refractivity contribution < 1.29 is 14.3 Å². The fourth-order valence-corrected chi connectivity index (χ4v) is 4.12. The second kappa shape index (κ2) is 10.7. The predicted molar refractivity (Wildman–Crippen MR) is 129 cm³/mol. The van der Waals surface area contributed by atoms with Gasteiger partial charge in [0, 0.05) is 18.4 Å². The largest absolute Gasteiger partial charge is 0.497 e. The van der Waals surface area contributed by atoms with Gasteiger partial charge in [-0.25, -0.2) is 4.98 Å². The van der Waals surface area contributed by atoms with Crippen molar-refractivity contribution in [1.82, 2.24) is 10.3 Å². The van der Waals surface area contributed by atoms with Crippen LogP contribution in [-0.2, 0) is 9.59 Å². The van der Waals surface area contributed by atoms with E-state index in [-0.39, 0.29) is 23.8 Å². The Kier molecular flexibility index (Phi) is 7.78. The summed E-state index contributed by atoms with van der Waals surface area (Å²) in [5.41, 5.74) is 2.38. The molecule has 2 amide bonds. The molecule has 0 saturated carbocycles. The van der Waals surface area contributed by atoms with Crippen molar-refractivity contribution in [1.29, 1.82) is 0 Å². The van der Waals surface area contributed by atoms with Crippen molar-refractivity contribution in [2.75, 3.05) is 12.0 Å². The number of anilines is 2. The first-order valence-electron chi connectivity index (χ1n) is 10.3. The molecule has 32 heavy (non-hydrogen) atoms. The van der Waals surface area contributed by atoms with Gasteiger partial charge in [0.15, 0.2) is 5.13 Å². The molecule has 0 aliphatic carbocycles. The predicted octanol–water partition coefficient (Wildman–Crippen LogP) is 5.36. The highest BCUT2D eigenvalue weighted by molar-refractivity contribution is 7.14. The number of aromatic nitrogens is 1. The molecule has 6 nitrogen and oxygen atoms in total. The number of para-hydroxylation sites is 1. The molecule has 3 aromatic rings. The van der Waals surface area contributed by atoms with E-state index in [4.69, 9.17) is 4.74 Å². The zero-order valence-corrected chi connectivity index (χ0v) is 19.4. The van der Waals surface area contributed by atoms with Crippen molar-refractivity contribution in [3.8, 4) is 5.75 Å². The molecule has 3 rings (SSSR count). The summed E-state index contributed by atoms with van der Waals surface area (Å²) in [6.45, 7) is 5.62. The van der Waals surface area contributed by atoms with Crippen molar-refractivity contribution in [3.63, 3.8) is 0 Å². The van der Waals surface area contributed by atoms with Crippen LogP contribution in [-0.4, -0.2) is 23.9 Å². The summed E-state index contributed by atoms with van der Waals surface area (Å²) >= 11 is 1.35. The zero-order valence-electron chi connectivity index (χ0n) is 18.6. The Morgan fingerprint density at radius 3 is 2.38 bits per heavy atom. The number of carbonyl (C=O) groups excluding carboxylic acids is 2. The highest BCUT2D eigenvalue weighted by Gasteiger charge is 2.19. The van der Waals surface area contributed by atoms with Gasteiger partial charge >= 0.3 is 0 Å². The smallest absolute Gasteiger partial charge is 0.244 e. The molecule has 1 heterocycles. The van der Waals surface area contributed by atoms with E-state index in [0.717, 1.165) is 17.0 Å². The molecule has 1 aromatic heterocycles. The second-order valence-corrected chi connectivity index (χ2v) is 8.42. The van der Waals surface area contributed by atoms with Gasteiger partial charge in [-0.05, 0) is 41.8 Å². The molecule has 0 aliphatic heterocycles. The van der Waals surface area contributed by atoms with Crippen molar-refractivity contribution in [2.45, 2.75) is 26.8 Å². The summed E-state index contributed by atoms with van der Waals surface area (Å²) in [6.07, 6.45) is 3.13. The van der Waals surface area contributed by atoms with Gasteiger partial charge in [-0.3, -0.25) is 14.5 Å². The molecule has 0 saturated heterocycles. The van der Waals surface area contributed by atoms with Crippen LogP contribution in [0.5, 0.6) is 5.75 Å². The molecule has 0 radical (unpaired) electrons. The number of hydrogen-bond donors (Lipinski definition) is 1. The standard InChI is InChI=1S/C25H27N3O3S/c1-17(2)24(19-10-13-22(31-4)14-11-19)27-23(30)15-12-20-16-32-25(26-20)28(18(3)29)21-8-6-5-7-9-21/h5-17,24H,1-4H3,(H,27,30)/b15-12+. The molecule has 0 aliphatic rings. The zero-order chi connectivity index (χ0) is 23.1. The normalized spacial score (nSPS) is 12.0. The Bertz CT molecular complexity index is 1080. The summed E-state index contributed by atoms with van der Waals surface area (Å²) in [7, 11) is 1.63. The number of nitrogens with zero attached hydrogens (tertiary/aromatic N) is 2. The minimum atomic E-state index is -0.208. The van der Waals surface area contributed by atoms with Gasteiger partial charge in [-0.15, -0.1) is 11.3 Å². The van der Waals surface area contributed by atoms with Gasteiger partial charge in [-0.2, -0.15) is 0 Å². The van der Waals surface area contributed by atoms with Crippen LogP contribution < -0.4 is 15.0 Å². The van der Waals surface area contributed by atoms with Gasteiger partial charge in [0.25, 0.3) is 0 Å². The van der Waals surface area contributed by atoms with Crippen LogP contribution in [0.2, 0.25) is 0 Å². The lowest BCUT2D eigenvalue weighted by Gasteiger charge is -2.22. The molecule has 1 unspecified atom stereocenters. The number of benzene rings is 2. The summed E-state index contributed by atoms with van der Waals surface area (Å²) in [6, 6.07) is 16.9. The van der Waals surface area contributed by atoms with Gasteiger partial charge in [-0.1, -0.05) is 44.2 Å². The van der Waals surface area contributed by atoms with E-state index >= 15 is 0 Å². The first-order valence-corrected chi connectivity index (χ1v) is 11.2. The Balaban J connectivity index is 1.71. The number of ether oxygens (including phenoxy) is 1. The highest BCUT2D eigenvalue weighted by Crippen LogP contribution is 2.29. The minimum Gasteiger partial charge on any atom is -0.497 e. The third kappa shape index (κ3) is 5.82. The van der Waals surface area contributed by atoms with Gasteiger partial charge < -0.3 is 10.1 Å². The van der Waals surface area contributed by atoms with E-state index in [1.807, 2.05) is 60.0 Å². The van der Waals surface area contributed by atoms with Crippen LogP contribution in [0.4, 0.5) is 10.8 Å². The number of carbonyl (C=O) groups is 2. The third-order valence-electron chi connectivity index (χ3n) is 4.88. The van der Waals surface area contributed by atoms with E-state index in [2.05, 4.69) is 24.1 Å². The van der Waals surface area contributed by atoms with E-state index in [1.165, 1.54) is 24.3 Å². The van der Waals surface area contributed by atoms with Crippen LogP contribution in [0.15, 0.2) is 66.1 Å².